The van der Waals surface area contributed by atoms with Gasteiger partial charge >= 0.3 is 5.97 Å². The number of carboxylic acids is 1. The third-order valence-electron chi connectivity index (χ3n) is 2.83. The van der Waals surface area contributed by atoms with Crippen LogP contribution in [0.25, 0.3) is 10.9 Å². The molecule has 0 atom stereocenters. The fourth-order valence-electron chi connectivity index (χ4n) is 2.07. The number of benzene rings is 1. The molecule has 0 radical (unpaired) electrons. The molecular weight excluding hydrogens is 206 g/mol. The molecule has 0 aliphatic rings. The van der Waals surface area contributed by atoms with E-state index in [1.54, 1.807) is 11.6 Å². The van der Waals surface area contributed by atoms with Gasteiger partial charge in [0.1, 0.15) is 0 Å². The number of hydrogen-bond acceptors (Lipinski definition) is 2. The minimum absolute atomic E-state index is 0.0340. The molecular formula is C12H13NO3. The van der Waals surface area contributed by atoms with E-state index in [4.69, 9.17) is 5.11 Å². The largest absolute Gasteiger partial charge is 0.494 e. The van der Waals surface area contributed by atoms with Crippen LogP contribution in [0.2, 0.25) is 0 Å². The van der Waals surface area contributed by atoms with Crippen LogP contribution in [0, 0.1) is 6.92 Å². The van der Waals surface area contributed by atoms with E-state index in [1.165, 1.54) is 0 Å². The second-order valence-corrected chi connectivity index (χ2v) is 3.90. The Morgan fingerprint density at radius 2 is 2.12 bits per heavy atom. The second kappa shape index (κ2) is 3.56. The molecule has 0 unspecified atom stereocenters. The molecule has 2 rings (SSSR count). The fraction of sp³-hybridized carbons (Fsp3) is 0.250. The van der Waals surface area contributed by atoms with Crippen LogP contribution in [0.3, 0.4) is 0 Å². The average molecular weight is 219 g/mol. The van der Waals surface area contributed by atoms with Crippen molar-refractivity contribution in [3.05, 3.63) is 29.3 Å². The van der Waals surface area contributed by atoms with Gasteiger partial charge in [0.2, 0.25) is 0 Å². The average Bonchev–Trinajstić information content (AvgIpc) is 2.45. The van der Waals surface area contributed by atoms with Crippen LogP contribution in [-0.2, 0) is 18.3 Å². The third-order valence-corrected chi connectivity index (χ3v) is 2.83. The number of rotatable bonds is 2. The Morgan fingerprint density at radius 3 is 2.75 bits per heavy atom. The van der Waals surface area contributed by atoms with Gasteiger partial charge < -0.3 is 14.8 Å². The zero-order valence-corrected chi connectivity index (χ0v) is 9.19. The van der Waals surface area contributed by atoms with Crippen LogP contribution >= 0.6 is 0 Å². The minimum atomic E-state index is -0.939. The van der Waals surface area contributed by atoms with Crippen LogP contribution in [0.15, 0.2) is 18.2 Å². The molecule has 0 bridgehead atoms. The standard InChI is InChI=1S/C12H13NO3/c1-7-4-3-5-9-11(7)8(6-10(14)15)12(16)13(9)2/h3-5,16H,6H2,1-2H3,(H,14,15). The van der Waals surface area contributed by atoms with Crippen LogP contribution < -0.4 is 0 Å². The number of aliphatic carboxylic acids is 1. The van der Waals surface area contributed by atoms with Gasteiger partial charge in [0.25, 0.3) is 0 Å². The number of hydrogen-bond donors (Lipinski definition) is 2. The maximum atomic E-state index is 10.8. The predicted octanol–water partition coefficient (Wildman–Crippen LogP) is 1.82. The van der Waals surface area contributed by atoms with Crippen molar-refractivity contribution >= 4 is 16.9 Å². The number of aryl methyl sites for hydroxylation is 2. The molecule has 0 aliphatic heterocycles. The van der Waals surface area contributed by atoms with E-state index in [0.29, 0.717) is 5.56 Å². The number of nitrogens with zero attached hydrogens (tertiary/aromatic N) is 1. The smallest absolute Gasteiger partial charge is 0.308 e. The molecule has 2 N–H and O–H groups in total. The highest BCUT2D eigenvalue weighted by molar-refractivity contribution is 5.92. The molecule has 1 aromatic heterocycles. The van der Waals surface area contributed by atoms with Crippen LogP contribution in [0.1, 0.15) is 11.1 Å². The van der Waals surface area contributed by atoms with Crippen molar-refractivity contribution in [3.63, 3.8) is 0 Å². The summed E-state index contributed by atoms with van der Waals surface area (Å²) in [5, 5.41) is 19.6. The Kier molecular flexibility index (Phi) is 2.34. The molecule has 0 saturated heterocycles. The Hall–Kier alpha value is -1.97. The van der Waals surface area contributed by atoms with Gasteiger partial charge in [0.05, 0.1) is 11.9 Å². The molecule has 4 heteroatoms. The lowest BCUT2D eigenvalue weighted by Gasteiger charge is -1.99. The SMILES string of the molecule is Cc1cccc2c1c(CC(=O)O)c(O)n2C. The highest BCUT2D eigenvalue weighted by Gasteiger charge is 2.17. The Bertz CT molecular complexity index is 569. The Labute approximate surface area is 92.7 Å². The third kappa shape index (κ3) is 1.43. The Morgan fingerprint density at radius 1 is 1.44 bits per heavy atom. The van der Waals surface area contributed by atoms with Crippen molar-refractivity contribution in [2.75, 3.05) is 0 Å². The monoisotopic (exact) mass is 219 g/mol. The first-order valence-electron chi connectivity index (χ1n) is 5.00. The van der Waals surface area contributed by atoms with Gasteiger partial charge in [-0.2, -0.15) is 0 Å². The normalized spacial score (nSPS) is 10.9. The number of fused-ring (bicyclic) bond motifs is 1. The van der Waals surface area contributed by atoms with Gasteiger partial charge in [0.15, 0.2) is 5.88 Å². The molecule has 0 fully saturated rings. The molecule has 4 nitrogen and oxygen atoms in total. The van der Waals surface area contributed by atoms with Crippen molar-refractivity contribution in [2.24, 2.45) is 7.05 Å². The first-order valence-corrected chi connectivity index (χ1v) is 5.00. The lowest BCUT2D eigenvalue weighted by atomic mass is 10.1. The van der Waals surface area contributed by atoms with Crippen LogP contribution in [-0.4, -0.2) is 20.7 Å². The summed E-state index contributed by atoms with van der Waals surface area (Å²) in [4.78, 5) is 10.8. The maximum Gasteiger partial charge on any atom is 0.308 e. The molecule has 1 heterocycles. The van der Waals surface area contributed by atoms with E-state index in [1.807, 2.05) is 25.1 Å². The van der Waals surface area contributed by atoms with Gasteiger partial charge in [-0.3, -0.25) is 4.79 Å². The highest BCUT2D eigenvalue weighted by atomic mass is 16.4. The topological polar surface area (TPSA) is 62.5 Å². The van der Waals surface area contributed by atoms with E-state index >= 15 is 0 Å². The van der Waals surface area contributed by atoms with E-state index in [0.717, 1.165) is 16.5 Å². The predicted molar refractivity (Wildman–Crippen MR) is 60.7 cm³/mol. The van der Waals surface area contributed by atoms with E-state index < -0.39 is 5.97 Å². The van der Waals surface area contributed by atoms with Crippen LogP contribution in [0.5, 0.6) is 5.88 Å². The number of aromatic hydroxyl groups is 1. The second-order valence-electron chi connectivity index (χ2n) is 3.90. The van der Waals surface area contributed by atoms with E-state index in [2.05, 4.69) is 0 Å². The summed E-state index contributed by atoms with van der Waals surface area (Å²) in [5.74, 6) is -0.905. The zero-order valence-electron chi connectivity index (χ0n) is 9.19. The minimum Gasteiger partial charge on any atom is -0.494 e. The maximum absolute atomic E-state index is 10.8. The van der Waals surface area contributed by atoms with Crippen molar-refractivity contribution in [2.45, 2.75) is 13.3 Å². The summed E-state index contributed by atoms with van der Waals surface area (Å²) >= 11 is 0. The van der Waals surface area contributed by atoms with Gasteiger partial charge in [0, 0.05) is 18.0 Å². The van der Waals surface area contributed by atoms with Crippen molar-refractivity contribution < 1.29 is 15.0 Å². The van der Waals surface area contributed by atoms with Gasteiger partial charge in [-0.05, 0) is 18.6 Å². The first kappa shape index (κ1) is 10.5. The molecule has 84 valence electrons. The quantitative estimate of drug-likeness (QED) is 0.809. The molecule has 0 amide bonds. The van der Waals surface area contributed by atoms with Crippen molar-refractivity contribution in [3.8, 4) is 5.88 Å². The van der Waals surface area contributed by atoms with Gasteiger partial charge in [-0.1, -0.05) is 12.1 Å². The molecule has 0 saturated carbocycles. The number of carbonyl (C=O) groups is 1. The molecule has 0 spiro atoms. The van der Waals surface area contributed by atoms with Gasteiger partial charge in [-0.15, -0.1) is 0 Å². The summed E-state index contributed by atoms with van der Waals surface area (Å²) in [6.07, 6.45) is -0.159. The lowest BCUT2D eigenvalue weighted by molar-refractivity contribution is -0.136. The van der Waals surface area contributed by atoms with E-state index in [9.17, 15) is 9.90 Å². The summed E-state index contributed by atoms with van der Waals surface area (Å²) in [6, 6.07) is 5.67. The highest BCUT2D eigenvalue weighted by Crippen LogP contribution is 2.32. The lowest BCUT2D eigenvalue weighted by Crippen LogP contribution is -2.00. The van der Waals surface area contributed by atoms with Crippen LogP contribution in [0.4, 0.5) is 0 Å². The van der Waals surface area contributed by atoms with E-state index in [-0.39, 0.29) is 12.3 Å². The van der Waals surface area contributed by atoms with Gasteiger partial charge in [-0.25, -0.2) is 0 Å². The summed E-state index contributed by atoms with van der Waals surface area (Å²) in [7, 11) is 1.72. The van der Waals surface area contributed by atoms with Crippen molar-refractivity contribution in [1.29, 1.82) is 0 Å². The summed E-state index contributed by atoms with van der Waals surface area (Å²) in [6.45, 7) is 1.91. The fourth-order valence-corrected chi connectivity index (χ4v) is 2.07. The van der Waals surface area contributed by atoms with Crippen molar-refractivity contribution in [1.82, 2.24) is 4.57 Å². The molecule has 16 heavy (non-hydrogen) atoms. The molecule has 1 aromatic carbocycles. The zero-order chi connectivity index (χ0) is 11.9. The Balaban J connectivity index is 2.80. The number of aromatic nitrogens is 1. The summed E-state index contributed by atoms with van der Waals surface area (Å²) in [5.41, 5.74) is 2.32. The molecule has 0 aliphatic carbocycles. The first-order chi connectivity index (χ1) is 7.52. The molecule has 2 aromatic rings. The number of carboxylic acid groups (broad SMARTS) is 1. The summed E-state index contributed by atoms with van der Waals surface area (Å²) < 4.78 is 1.61.